The van der Waals surface area contributed by atoms with Gasteiger partial charge in [0.25, 0.3) is 0 Å². The first-order chi connectivity index (χ1) is 5.89. The molecular weight excluding hydrogens is 148 g/mol. The Bertz CT molecular complexity index is 56.9. The molecular formula is C10H26N2. The molecule has 1 atom stereocenters. The molecule has 0 amide bonds. The largest absolute Gasteiger partial charge is 0.328 e. The second kappa shape index (κ2) is 13.5. The fraction of sp³-hybridized carbons (Fsp3) is 1.00. The van der Waals surface area contributed by atoms with Crippen LogP contribution in [-0.4, -0.2) is 19.1 Å². The molecule has 2 nitrogen and oxygen atoms in total. The van der Waals surface area contributed by atoms with Crippen molar-refractivity contribution in [3.05, 3.63) is 0 Å². The monoisotopic (exact) mass is 174 g/mol. The Balaban J connectivity index is 0. The van der Waals surface area contributed by atoms with Gasteiger partial charge in [-0.05, 0) is 32.4 Å². The Morgan fingerprint density at radius 1 is 1.00 bits per heavy atom. The van der Waals surface area contributed by atoms with Crippen LogP contribution in [0.5, 0.6) is 0 Å². The number of rotatable bonds is 0. The van der Waals surface area contributed by atoms with Crippen LogP contribution in [0.1, 0.15) is 47.0 Å². The van der Waals surface area contributed by atoms with Gasteiger partial charge in [0, 0.05) is 6.04 Å². The minimum Gasteiger partial charge on any atom is -0.328 e. The third kappa shape index (κ3) is 9.92. The van der Waals surface area contributed by atoms with Gasteiger partial charge in [0.2, 0.25) is 0 Å². The van der Waals surface area contributed by atoms with Gasteiger partial charge in [0.15, 0.2) is 0 Å². The normalized spacial score (nSPS) is 22.2. The molecule has 1 aliphatic rings. The molecule has 1 saturated heterocycles. The zero-order valence-electron chi connectivity index (χ0n) is 9.19. The lowest BCUT2D eigenvalue weighted by molar-refractivity contribution is 0.599. The minimum absolute atomic E-state index is 0.463. The van der Waals surface area contributed by atoms with Crippen molar-refractivity contribution in [2.75, 3.05) is 13.1 Å². The Morgan fingerprint density at radius 2 is 1.58 bits per heavy atom. The van der Waals surface area contributed by atoms with E-state index in [0.29, 0.717) is 6.04 Å². The Morgan fingerprint density at radius 3 is 2.17 bits per heavy atom. The predicted octanol–water partition coefficient (Wildman–Crippen LogP) is 2.14. The summed E-state index contributed by atoms with van der Waals surface area (Å²) in [4.78, 5) is 0. The third-order valence-electron chi connectivity index (χ3n) is 1.62. The van der Waals surface area contributed by atoms with E-state index in [-0.39, 0.29) is 0 Å². The van der Waals surface area contributed by atoms with Crippen molar-refractivity contribution in [3.8, 4) is 0 Å². The van der Waals surface area contributed by atoms with Gasteiger partial charge in [0.05, 0.1) is 0 Å². The van der Waals surface area contributed by atoms with Gasteiger partial charge in [0.1, 0.15) is 0 Å². The molecule has 1 rings (SSSR count). The zero-order chi connectivity index (χ0) is 9.82. The first-order valence-corrected chi connectivity index (χ1v) is 5.36. The number of nitrogens with two attached hydrogens (primary N) is 1. The summed E-state index contributed by atoms with van der Waals surface area (Å²) in [5.41, 5.74) is 5.69. The Kier molecular flexibility index (Phi) is 16.3. The lowest BCUT2D eigenvalue weighted by atomic mass is 10.1. The topological polar surface area (TPSA) is 38.0 Å². The highest BCUT2D eigenvalue weighted by Gasteiger charge is 2.04. The number of nitrogens with one attached hydrogen (secondary N) is 1. The molecule has 2 heteroatoms. The molecule has 0 saturated carbocycles. The van der Waals surface area contributed by atoms with E-state index in [1.54, 1.807) is 0 Å². The van der Waals surface area contributed by atoms with Crippen molar-refractivity contribution >= 4 is 0 Å². The fourth-order valence-corrected chi connectivity index (χ4v) is 1.05. The molecule has 76 valence electrons. The fourth-order valence-electron chi connectivity index (χ4n) is 1.05. The average Bonchev–Trinajstić information content (AvgIpc) is 2.40. The average molecular weight is 174 g/mol. The first kappa shape index (κ1) is 14.4. The van der Waals surface area contributed by atoms with Gasteiger partial charge in [-0.3, -0.25) is 0 Å². The van der Waals surface area contributed by atoms with Crippen LogP contribution in [0.2, 0.25) is 0 Å². The molecule has 1 fully saturated rings. The summed E-state index contributed by atoms with van der Waals surface area (Å²) in [6, 6.07) is 0.463. The third-order valence-corrected chi connectivity index (χ3v) is 1.62. The molecule has 12 heavy (non-hydrogen) atoms. The van der Waals surface area contributed by atoms with Crippen LogP contribution in [0.3, 0.4) is 0 Å². The smallest absolute Gasteiger partial charge is 0.00513 e. The summed E-state index contributed by atoms with van der Waals surface area (Å²) < 4.78 is 0. The van der Waals surface area contributed by atoms with Crippen molar-refractivity contribution in [2.24, 2.45) is 5.73 Å². The molecule has 0 aromatic heterocycles. The summed E-state index contributed by atoms with van der Waals surface area (Å²) in [6.45, 7) is 10.3. The van der Waals surface area contributed by atoms with E-state index >= 15 is 0 Å². The highest BCUT2D eigenvalue weighted by molar-refractivity contribution is 4.67. The first-order valence-electron chi connectivity index (χ1n) is 5.36. The zero-order valence-corrected chi connectivity index (χ0v) is 9.19. The summed E-state index contributed by atoms with van der Waals surface area (Å²) >= 11 is 0. The SMILES string of the molecule is CC.CC.NC1CCCNCC1. The summed E-state index contributed by atoms with van der Waals surface area (Å²) in [7, 11) is 0. The molecule has 1 unspecified atom stereocenters. The van der Waals surface area contributed by atoms with Gasteiger partial charge in [-0.25, -0.2) is 0 Å². The summed E-state index contributed by atoms with van der Waals surface area (Å²) in [6.07, 6.45) is 3.61. The standard InChI is InChI=1S/C6H14N2.2C2H6/c7-6-2-1-4-8-5-3-6;2*1-2/h6,8H,1-5,7H2;2*1-2H3. The maximum absolute atomic E-state index is 5.69. The molecule has 0 spiro atoms. The van der Waals surface area contributed by atoms with Crippen LogP contribution in [0.4, 0.5) is 0 Å². The quantitative estimate of drug-likeness (QED) is 0.590. The molecule has 0 aromatic carbocycles. The van der Waals surface area contributed by atoms with E-state index in [2.05, 4.69) is 5.32 Å². The van der Waals surface area contributed by atoms with E-state index < -0.39 is 0 Å². The number of hydrogen-bond donors (Lipinski definition) is 2. The van der Waals surface area contributed by atoms with Crippen LogP contribution in [0.25, 0.3) is 0 Å². The van der Waals surface area contributed by atoms with Gasteiger partial charge in [-0.1, -0.05) is 27.7 Å². The summed E-state index contributed by atoms with van der Waals surface area (Å²) in [5, 5.41) is 3.30. The van der Waals surface area contributed by atoms with Crippen molar-refractivity contribution < 1.29 is 0 Å². The van der Waals surface area contributed by atoms with Gasteiger partial charge < -0.3 is 11.1 Å². The molecule has 1 heterocycles. The molecule has 0 bridgehead atoms. The van der Waals surface area contributed by atoms with Crippen LogP contribution < -0.4 is 11.1 Å². The molecule has 0 aromatic rings. The van der Waals surface area contributed by atoms with E-state index in [9.17, 15) is 0 Å². The van der Waals surface area contributed by atoms with Crippen molar-refractivity contribution in [3.63, 3.8) is 0 Å². The highest BCUT2D eigenvalue weighted by atomic mass is 14.9. The highest BCUT2D eigenvalue weighted by Crippen LogP contribution is 2.00. The second-order valence-corrected chi connectivity index (χ2v) is 2.44. The molecule has 0 radical (unpaired) electrons. The van der Waals surface area contributed by atoms with E-state index in [0.717, 1.165) is 19.5 Å². The van der Waals surface area contributed by atoms with Gasteiger partial charge in [-0.2, -0.15) is 0 Å². The van der Waals surface area contributed by atoms with Crippen LogP contribution in [0.15, 0.2) is 0 Å². The van der Waals surface area contributed by atoms with E-state index in [1.165, 1.54) is 12.8 Å². The lowest BCUT2D eigenvalue weighted by Crippen LogP contribution is -2.21. The predicted molar refractivity (Wildman–Crippen MR) is 57.4 cm³/mol. The second-order valence-electron chi connectivity index (χ2n) is 2.44. The molecule has 1 aliphatic heterocycles. The minimum atomic E-state index is 0.463. The lowest BCUT2D eigenvalue weighted by Gasteiger charge is -2.02. The Labute approximate surface area is 77.9 Å². The van der Waals surface area contributed by atoms with E-state index in [4.69, 9.17) is 5.73 Å². The van der Waals surface area contributed by atoms with Crippen molar-refractivity contribution in [2.45, 2.75) is 53.0 Å². The Hall–Kier alpha value is -0.0800. The molecule has 0 aliphatic carbocycles. The molecule has 3 N–H and O–H groups in total. The maximum atomic E-state index is 5.69. The van der Waals surface area contributed by atoms with Crippen molar-refractivity contribution in [1.29, 1.82) is 0 Å². The maximum Gasteiger partial charge on any atom is 0.00513 e. The number of hydrogen-bond acceptors (Lipinski definition) is 2. The van der Waals surface area contributed by atoms with Crippen molar-refractivity contribution in [1.82, 2.24) is 5.32 Å². The van der Waals surface area contributed by atoms with Crippen LogP contribution in [0, 0.1) is 0 Å². The van der Waals surface area contributed by atoms with E-state index in [1.807, 2.05) is 27.7 Å². The van der Waals surface area contributed by atoms with Gasteiger partial charge >= 0.3 is 0 Å². The van der Waals surface area contributed by atoms with Crippen LogP contribution in [-0.2, 0) is 0 Å². The van der Waals surface area contributed by atoms with Gasteiger partial charge in [-0.15, -0.1) is 0 Å². The van der Waals surface area contributed by atoms with Crippen LogP contribution >= 0.6 is 0 Å². The summed E-state index contributed by atoms with van der Waals surface area (Å²) in [5.74, 6) is 0.